The first kappa shape index (κ1) is 16.8. The molecule has 20 heavy (non-hydrogen) atoms. The van der Waals surface area contributed by atoms with E-state index in [1.165, 1.54) is 20.1 Å². The van der Waals surface area contributed by atoms with E-state index in [9.17, 15) is 13.2 Å². The van der Waals surface area contributed by atoms with Crippen molar-refractivity contribution in [2.45, 2.75) is 24.3 Å². The summed E-state index contributed by atoms with van der Waals surface area (Å²) in [6.07, 6.45) is 0.454. The molecule has 0 radical (unpaired) electrons. The standard InChI is InChI=1S/C12H18N2O4S2/c1-8(15)14-10(7-19)5-9-3-4-11(18-2)12(6-9)20(13,16)17/h3-4,6,10,19H,5,7H2,1-2H3,(H,14,15)(H2,13,16,17)/t10-/m0/s1. The largest absolute Gasteiger partial charge is 0.495 e. The Morgan fingerprint density at radius 2 is 2.15 bits per heavy atom. The third-order valence-corrected chi connectivity index (χ3v) is 4.02. The lowest BCUT2D eigenvalue weighted by atomic mass is 10.1. The van der Waals surface area contributed by atoms with Crippen LogP contribution in [0.15, 0.2) is 23.1 Å². The third-order valence-electron chi connectivity index (χ3n) is 2.64. The average Bonchev–Trinajstić information content (AvgIpc) is 2.36. The first-order valence-corrected chi connectivity index (χ1v) is 8.03. The zero-order valence-corrected chi connectivity index (χ0v) is 13.0. The molecule has 0 aliphatic heterocycles. The van der Waals surface area contributed by atoms with Crippen LogP contribution >= 0.6 is 12.6 Å². The van der Waals surface area contributed by atoms with Crippen molar-refractivity contribution in [1.29, 1.82) is 0 Å². The first-order chi connectivity index (χ1) is 9.27. The Labute approximate surface area is 124 Å². The zero-order chi connectivity index (χ0) is 15.3. The van der Waals surface area contributed by atoms with E-state index in [1.54, 1.807) is 12.1 Å². The van der Waals surface area contributed by atoms with Gasteiger partial charge in [-0.05, 0) is 24.1 Å². The number of sulfonamides is 1. The van der Waals surface area contributed by atoms with Gasteiger partial charge in [0.15, 0.2) is 0 Å². The molecule has 8 heteroatoms. The summed E-state index contributed by atoms with van der Waals surface area (Å²) in [6.45, 7) is 1.42. The minimum absolute atomic E-state index is 0.0711. The lowest BCUT2D eigenvalue weighted by Crippen LogP contribution is -2.36. The fourth-order valence-electron chi connectivity index (χ4n) is 1.80. The average molecular weight is 318 g/mol. The Morgan fingerprint density at radius 1 is 1.50 bits per heavy atom. The highest BCUT2D eigenvalue weighted by molar-refractivity contribution is 7.89. The highest BCUT2D eigenvalue weighted by Gasteiger charge is 2.17. The van der Waals surface area contributed by atoms with Gasteiger partial charge in [-0.15, -0.1) is 0 Å². The van der Waals surface area contributed by atoms with Gasteiger partial charge in [0.05, 0.1) is 7.11 Å². The number of carbonyl (C=O) groups excluding carboxylic acids is 1. The fourth-order valence-corrected chi connectivity index (χ4v) is 2.77. The lowest BCUT2D eigenvalue weighted by Gasteiger charge is -2.16. The molecule has 0 aromatic heterocycles. The topological polar surface area (TPSA) is 98.5 Å². The smallest absolute Gasteiger partial charge is 0.241 e. The number of carbonyl (C=O) groups is 1. The van der Waals surface area contributed by atoms with Gasteiger partial charge >= 0.3 is 0 Å². The summed E-state index contributed by atoms with van der Waals surface area (Å²) in [5.41, 5.74) is 0.725. The summed E-state index contributed by atoms with van der Waals surface area (Å²) in [7, 11) is -2.49. The molecule has 1 amide bonds. The van der Waals surface area contributed by atoms with Crippen LogP contribution in [0.25, 0.3) is 0 Å². The quantitative estimate of drug-likeness (QED) is 0.658. The predicted molar refractivity (Wildman–Crippen MR) is 79.5 cm³/mol. The van der Waals surface area contributed by atoms with Crippen LogP contribution in [0, 0.1) is 0 Å². The van der Waals surface area contributed by atoms with Crippen molar-refractivity contribution in [3.05, 3.63) is 23.8 Å². The molecule has 1 aromatic rings. The molecule has 1 rings (SSSR count). The monoisotopic (exact) mass is 318 g/mol. The second-order valence-electron chi connectivity index (χ2n) is 4.31. The molecule has 0 unspecified atom stereocenters. The molecule has 112 valence electrons. The number of ether oxygens (including phenoxy) is 1. The first-order valence-electron chi connectivity index (χ1n) is 5.85. The van der Waals surface area contributed by atoms with Crippen LogP contribution in [0.2, 0.25) is 0 Å². The number of rotatable bonds is 6. The minimum atomic E-state index is -3.87. The second-order valence-corrected chi connectivity index (χ2v) is 6.21. The fraction of sp³-hybridized carbons (Fsp3) is 0.417. The predicted octanol–water partition coefficient (Wildman–Crippen LogP) is 0.320. The summed E-state index contributed by atoms with van der Waals surface area (Å²) in [4.78, 5) is 11.0. The number of hydrogen-bond donors (Lipinski definition) is 3. The van der Waals surface area contributed by atoms with Crippen LogP contribution in [0.5, 0.6) is 5.75 Å². The van der Waals surface area contributed by atoms with E-state index in [1.807, 2.05) is 0 Å². The van der Waals surface area contributed by atoms with Crippen LogP contribution in [-0.4, -0.2) is 33.2 Å². The molecular formula is C12H18N2O4S2. The molecule has 0 aliphatic rings. The molecule has 0 bridgehead atoms. The van der Waals surface area contributed by atoms with E-state index in [4.69, 9.17) is 9.88 Å². The van der Waals surface area contributed by atoms with Crippen LogP contribution < -0.4 is 15.2 Å². The molecule has 3 N–H and O–H groups in total. The molecule has 0 aliphatic carbocycles. The number of nitrogens with two attached hydrogens (primary N) is 1. The molecule has 0 saturated carbocycles. The Morgan fingerprint density at radius 3 is 2.60 bits per heavy atom. The van der Waals surface area contributed by atoms with E-state index in [2.05, 4.69) is 17.9 Å². The van der Waals surface area contributed by atoms with E-state index in [-0.39, 0.29) is 22.6 Å². The third kappa shape index (κ3) is 4.69. The van der Waals surface area contributed by atoms with Crippen LogP contribution in [0.1, 0.15) is 12.5 Å². The van der Waals surface area contributed by atoms with Gasteiger partial charge < -0.3 is 10.1 Å². The molecule has 1 atom stereocenters. The highest BCUT2D eigenvalue weighted by atomic mass is 32.2. The van der Waals surface area contributed by atoms with Gasteiger partial charge in [0.2, 0.25) is 15.9 Å². The molecule has 0 heterocycles. The van der Waals surface area contributed by atoms with Crippen molar-refractivity contribution >= 4 is 28.6 Å². The van der Waals surface area contributed by atoms with Gasteiger partial charge in [0.1, 0.15) is 10.6 Å². The van der Waals surface area contributed by atoms with Crippen LogP contribution in [0.4, 0.5) is 0 Å². The van der Waals surface area contributed by atoms with Crippen molar-refractivity contribution in [1.82, 2.24) is 5.32 Å². The Hall–Kier alpha value is -1.25. The Balaban J connectivity index is 3.06. The van der Waals surface area contributed by atoms with E-state index < -0.39 is 10.0 Å². The molecular weight excluding hydrogens is 300 g/mol. The van der Waals surface area contributed by atoms with Gasteiger partial charge in [0, 0.05) is 18.7 Å². The zero-order valence-electron chi connectivity index (χ0n) is 11.3. The number of primary sulfonamides is 1. The minimum Gasteiger partial charge on any atom is -0.495 e. The molecule has 0 fully saturated rings. The lowest BCUT2D eigenvalue weighted by molar-refractivity contribution is -0.119. The molecule has 0 spiro atoms. The van der Waals surface area contributed by atoms with Crippen LogP contribution in [-0.2, 0) is 21.2 Å². The van der Waals surface area contributed by atoms with Gasteiger partial charge in [-0.2, -0.15) is 12.6 Å². The highest BCUT2D eigenvalue weighted by Crippen LogP contribution is 2.24. The van der Waals surface area contributed by atoms with Crippen molar-refractivity contribution in [2.24, 2.45) is 5.14 Å². The SMILES string of the molecule is COc1ccc(C[C@@H](CS)NC(C)=O)cc1S(N)(=O)=O. The summed E-state index contributed by atoms with van der Waals surface area (Å²) in [6, 6.07) is 4.54. The van der Waals surface area contributed by atoms with Gasteiger partial charge in [-0.1, -0.05) is 6.07 Å². The number of benzene rings is 1. The van der Waals surface area contributed by atoms with Crippen molar-refractivity contribution < 1.29 is 17.9 Å². The maximum Gasteiger partial charge on any atom is 0.241 e. The number of amides is 1. The summed E-state index contributed by atoms with van der Waals surface area (Å²) in [5, 5.41) is 7.89. The van der Waals surface area contributed by atoms with E-state index >= 15 is 0 Å². The van der Waals surface area contributed by atoms with E-state index in [0.29, 0.717) is 12.2 Å². The normalized spacial score (nSPS) is 12.8. The Kier molecular flexibility index (Phi) is 5.85. The molecule has 6 nitrogen and oxygen atoms in total. The summed E-state index contributed by atoms with van der Waals surface area (Å²) < 4.78 is 28.0. The van der Waals surface area contributed by atoms with Crippen LogP contribution in [0.3, 0.4) is 0 Å². The molecule has 0 saturated heterocycles. The Bertz CT molecular complexity index is 587. The van der Waals surface area contributed by atoms with E-state index in [0.717, 1.165) is 5.56 Å². The number of nitrogens with one attached hydrogen (secondary N) is 1. The van der Waals surface area contributed by atoms with Gasteiger partial charge in [-0.25, -0.2) is 13.6 Å². The van der Waals surface area contributed by atoms with Gasteiger partial charge in [-0.3, -0.25) is 4.79 Å². The second kappa shape index (κ2) is 6.96. The summed E-state index contributed by atoms with van der Waals surface area (Å²) in [5.74, 6) is 0.471. The summed E-state index contributed by atoms with van der Waals surface area (Å²) >= 11 is 4.16. The maximum absolute atomic E-state index is 11.5. The number of thiol groups is 1. The maximum atomic E-state index is 11.5. The van der Waals surface area contributed by atoms with Crippen molar-refractivity contribution in [3.8, 4) is 5.75 Å². The number of hydrogen-bond acceptors (Lipinski definition) is 5. The number of methoxy groups -OCH3 is 1. The van der Waals surface area contributed by atoms with Crippen molar-refractivity contribution in [3.63, 3.8) is 0 Å². The van der Waals surface area contributed by atoms with Crippen molar-refractivity contribution in [2.75, 3.05) is 12.9 Å². The van der Waals surface area contributed by atoms with Gasteiger partial charge in [0.25, 0.3) is 0 Å². The molecule has 1 aromatic carbocycles.